The maximum absolute atomic E-state index is 4.66. The van der Waals surface area contributed by atoms with Crippen molar-refractivity contribution in [2.75, 3.05) is 38.1 Å². The fourth-order valence-corrected chi connectivity index (χ4v) is 4.37. The summed E-state index contributed by atoms with van der Waals surface area (Å²) in [5, 5.41) is 0. The molecule has 0 aliphatic carbocycles. The van der Waals surface area contributed by atoms with E-state index in [1.165, 1.54) is 11.3 Å². The van der Waals surface area contributed by atoms with Crippen LogP contribution in [0.2, 0.25) is 0 Å². The van der Waals surface area contributed by atoms with Gasteiger partial charge in [-0.15, -0.1) is 0 Å². The number of pyridine rings is 2. The fraction of sp³-hybridized carbons (Fsp3) is 0.200. The van der Waals surface area contributed by atoms with Gasteiger partial charge >= 0.3 is 0 Å². The molecule has 32 heavy (non-hydrogen) atoms. The molecule has 0 atom stereocenters. The van der Waals surface area contributed by atoms with Gasteiger partial charge in [-0.1, -0.05) is 12.1 Å². The van der Waals surface area contributed by atoms with Gasteiger partial charge in [-0.25, -0.2) is 4.98 Å². The molecule has 5 heterocycles. The van der Waals surface area contributed by atoms with Crippen LogP contribution in [0.25, 0.3) is 39.1 Å². The van der Waals surface area contributed by atoms with Crippen molar-refractivity contribution in [2.24, 2.45) is 0 Å². The third-order valence-corrected chi connectivity index (χ3v) is 6.24. The van der Waals surface area contributed by atoms with E-state index in [2.05, 4.69) is 83.8 Å². The Bertz CT molecular complexity index is 1390. The minimum Gasteiger partial charge on any atom is -0.369 e. The summed E-state index contributed by atoms with van der Waals surface area (Å²) in [5.74, 6) is 0. The van der Waals surface area contributed by atoms with E-state index in [0.717, 1.165) is 59.7 Å². The fourth-order valence-electron chi connectivity index (χ4n) is 4.37. The molecule has 0 unspecified atom stereocenters. The molecule has 7 heteroatoms. The summed E-state index contributed by atoms with van der Waals surface area (Å²) in [6, 6.07) is 13.1. The highest BCUT2D eigenvalue weighted by atomic mass is 15.2. The van der Waals surface area contributed by atoms with Crippen LogP contribution >= 0.6 is 0 Å². The van der Waals surface area contributed by atoms with E-state index in [1.807, 2.05) is 12.4 Å². The highest BCUT2D eigenvalue weighted by Crippen LogP contribution is 2.29. The van der Waals surface area contributed by atoms with Crippen LogP contribution in [0.4, 0.5) is 5.69 Å². The van der Waals surface area contributed by atoms with Crippen molar-refractivity contribution >= 4 is 22.4 Å². The van der Waals surface area contributed by atoms with Crippen molar-refractivity contribution in [3.63, 3.8) is 0 Å². The van der Waals surface area contributed by atoms with E-state index >= 15 is 0 Å². The molecule has 0 bridgehead atoms. The van der Waals surface area contributed by atoms with Crippen LogP contribution < -0.4 is 4.90 Å². The zero-order chi connectivity index (χ0) is 21.5. The maximum Gasteiger partial charge on any atom is 0.137 e. The van der Waals surface area contributed by atoms with Crippen molar-refractivity contribution < 1.29 is 0 Å². The van der Waals surface area contributed by atoms with Gasteiger partial charge < -0.3 is 9.80 Å². The van der Waals surface area contributed by atoms with E-state index in [9.17, 15) is 0 Å². The van der Waals surface area contributed by atoms with Crippen molar-refractivity contribution in [1.29, 1.82) is 0 Å². The number of fused-ring (bicyclic) bond motifs is 2. The van der Waals surface area contributed by atoms with Gasteiger partial charge in [0.05, 0.1) is 18.1 Å². The molecular weight excluding hydrogens is 398 g/mol. The molecule has 158 valence electrons. The second-order valence-corrected chi connectivity index (χ2v) is 8.24. The summed E-state index contributed by atoms with van der Waals surface area (Å²) in [6.07, 6.45) is 10.9. The molecule has 1 fully saturated rings. The number of aromatic nitrogens is 5. The van der Waals surface area contributed by atoms with Crippen LogP contribution in [0.5, 0.6) is 0 Å². The lowest BCUT2D eigenvalue weighted by Gasteiger charge is -2.34. The summed E-state index contributed by atoms with van der Waals surface area (Å²) >= 11 is 0. The number of likely N-dealkylation sites (N-methyl/N-ethyl adjacent to an activating group) is 1. The average molecular weight is 422 g/mol. The molecule has 1 aliphatic rings. The molecule has 0 spiro atoms. The number of piperazine rings is 1. The lowest BCUT2D eigenvalue weighted by Crippen LogP contribution is -2.44. The molecule has 0 N–H and O–H groups in total. The lowest BCUT2D eigenvalue weighted by atomic mass is 10.1. The van der Waals surface area contributed by atoms with Crippen LogP contribution in [0.3, 0.4) is 0 Å². The Labute approximate surface area is 186 Å². The predicted octanol–water partition coefficient (Wildman–Crippen LogP) is 3.76. The third kappa shape index (κ3) is 3.27. The molecule has 0 radical (unpaired) electrons. The molecule has 1 aromatic carbocycles. The first kappa shape index (κ1) is 18.9. The van der Waals surface area contributed by atoms with Gasteiger partial charge in [0, 0.05) is 62.2 Å². The highest BCUT2D eigenvalue weighted by molar-refractivity contribution is 5.89. The van der Waals surface area contributed by atoms with Crippen LogP contribution in [0, 0.1) is 0 Å². The first-order valence-corrected chi connectivity index (χ1v) is 10.8. The molecular formula is C25H23N7. The Hall–Kier alpha value is -3.84. The molecule has 0 saturated carbocycles. The van der Waals surface area contributed by atoms with Crippen molar-refractivity contribution in [2.45, 2.75) is 0 Å². The topological polar surface area (TPSA) is 62.5 Å². The van der Waals surface area contributed by atoms with Gasteiger partial charge in [-0.05, 0) is 42.4 Å². The van der Waals surface area contributed by atoms with Gasteiger partial charge in [-0.2, -0.15) is 0 Å². The Morgan fingerprint density at radius 3 is 2.44 bits per heavy atom. The minimum absolute atomic E-state index is 0.775. The number of benzene rings is 1. The number of nitrogens with zero attached hydrogens (tertiary/aromatic N) is 7. The van der Waals surface area contributed by atoms with E-state index in [4.69, 9.17) is 0 Å². The van der Waals surface area contributed by atoms with Gasteiger partial charge in [0.1, 0.15) is 16.7 Å². The van der Waals surface area contributed by atoms with Crippen molar-refractivity contribution in [3.8, 4) is 22.4 Å². The summed E-state index contributed by atoms with van der Waals surface area (Å²) in [4.78, 5) is 22.7. The minimum atomic E-state index is 0.775. The predicted molar refractivity (Wildman–Crippen MR) is 127 cm³/mol. The molecule has 0 amide bonds. The van der Waals surface area contributed by atoms with E-state index in [0.29, 0.717) is 0 Å². The van der Waals surface area contributed by atoms with Crippen LogP contribution in [-0.4, -0.2) is 62.5 Å². The van der Waals surface area contributed by atoms with Crippen LogP contribution in [0.1, 0.15) is 0 Å². The standard InChI is InChI=1S/C25H23N7/c1-30-10-12-31(13-11-30)20-4-2-18(3-5-20)19-6-9-32-23(17-29-24(32)14-19)21-15-26-16-22-25(21)28-8-7-27-22/h2-9,14-17H,10-13H2,1H3. The number of rotatable bonds is 3. The maximum atomic E-state index is 4.66. The quantitative estimate of drug-likeness (QED) is 0.442. The Balaban J connectivity index is 1.33. The number of hydrogen-bond acceptors (Lipinski definition) is 6. The molecule has 5 aromatic rings. The normalized spacial score (nSPS) is 15.0. The van der Waals surface area contributed by atoms with Gasteiger partial charge in [0.15, 0.2) is 0 Å². The number of imidazole rings is 1. The molecule has 7 nitrogen and oxygen atoms in total. The van der Waals surface area contributed by atoms with E-state index in [-0.39, 0.29) is 0 Å². The summed E-state index contributed by atoms with van der Waals surface area (Å²) in [7, 11) is 2.18. The smallest absolute Gasteiger partial charge is 0.137 e. The summed E-state index contributed by atoms with van der Waals surface area (Å²) in [5.41, 5.74) is 7.99. The number of anilines is 1. The zero-order valence-corrected chi connectivity index (χ0v) is 17.9. The van der Waals surface area contributed by atoms with E-state index < -0.39 is 0 Å². The first-order valence-electron chi connectivity index (χ1n) is 10.8. The SMILES string of the molecule is CN1CCN(c2ccc(-c3ccn4c(-c5cncc6nccnc56)cnc4c3)cc2)CC1. The van der Waals surface area contributed by atoms with E-state index in [1.54, 1.807) is 18.6 Å². The number of hydrogen-bond donors (Lipinski definition) is 0. The Morgan fingerprint density at radius 1 is 0.781 bits per heavy atom. The highest BCUT2D eigenvalue weighted by Gasteiger charge is 2.15. The van der Waals surface area contributed by atoms with Gasteiger partial charge in [0.25, 0.3) is 0 Å². The van der Waals surface area contributed by atoms with Gasteiger partial charge in [0.2, 0.25) is 0 Å². The third-order valence-electron chi connectivity index (χ3n) is 6.24. The van der Waals surface area contributed by atoms with Gasteiger partial charge in [-0.3, -0.25) is 19.4 Å². The molecule has 4 aromatic heterocycles. The second kappa shape index (κ2) is 7.69. The zero-order valence-electron chi connectivity index (χ0n) is 17.9. The average Bonchev–Trinajstić information content (AvgIpc) is 3.27. The molecule has 1 aliphatic heterocycles. The molecule has 6 rings (SSSR count). The Morgan fingerprint density at radius 2 is 1.59 bits per heavy atom. The second-order valence-electron chi connectivity index (χ2n) is 8.24. The lowest BCUT2D eigenvalue weighted by molar-refractivity contribution is 0.313. The van der Waals surface area contributed by atoms with Crippen molar-refractivity contribution in [1.82, 2.24) is 29.2 Å². The molecule has 1 saturated heterocycles. The van der Waals surface area contributed by atoms with Crippen LogP contribution in [-0.2, 0) is 0 Å². The van der Waals surface area contributed by atoms with Crippen molar-refractivity contribution in [3.05, 3.63) is 73.6 Å². The monoisotopic (exact) mass is 421 g/mol. The van der Waals surface area contributed by atoms with Crippen LogP contribution in [0.15, 0.2) is 73.6 Å². The largest absolute Gasteiger partial charge is 0.369 e. The summed E-state index contributed by atoms with van der Waals surface area (Å²) < 4.78 is 2.08. The first-order chi connectivity index (χ1) is 15.8. The summed E-state index contributed by atoms with van der Waals surface area (Å²) in [6.45, 7) is 4.37. The Kier molecular flexibility index (Phi) is 4.54.